The molecular weight excluding hydrogens is 245 g/mol. The third-order valence-electron chi connectivity index (χ3n) is 2.10. The van der Waals surface area contributed by atoms with Crippen molar-refractivity contribution in [3.63, 3.8) is 0 Å². The van der Waals surface area contributed by atoms with Crippen LogP contribution in [0, 0.1) is 0 Å². The van der Waals surface area contributed by atoms with Crippen LogP contribution >= 0.6 is 23.2 Å². The number of unbranched alkanes of at least 4 members (excludes halogenated alkanes) is 1. The SMILES string of the molecule is CCCCNc1nc(NCC)c(Cl)cc1Cl. The smallest absolute Gasteiger partial charge is 0.147 e. The molecule has 0 unspecified atom stereocenters. The minimum Gasteiger partial charge on any atom is -0.369 e. The molecule has 0 bridgehead atoms. The first-order valence-electron chi connectivity index (χ1n) is 5.52. The maximum Gasteiger partial charge on any atom is 0.147 e. The normalized spacial score (nSPS) is 10.2. The quantitative estimate of drug-likeness (QED) is 0.760. The van der Waals surface area contributed by atoms with Gasteiger partial charge in [0.05, 0.1) is 10.0 Å². The fourth-order valence-electron chi connectivity index (χ4n) is 1.27. The van der Waals surface area contributed by atoms with Gasteiger partial charge in [-0.2, -0.15) is 0 Å². The molecule has 90 valence electrons. The van der Waals surface area contributed by atoms with Crippen LogP contribution in [-0.4, -0.2) is 18.1 Å². The molecular formula is C11H17Cl2N3. The van der Waals surface area contributed by atoms with Gasteiger partial charge >= 0.3 is 0 Å². The Labute approximate surface area is 107 Å². The van der Waals surface area contributed by atoms with E-state index in [-0.39, 0.29) is 0 Å². The number of aromatic nitrogens is 1. The summed E-state index contributed by atoms with van der Waals surface area (Å²) in [5.74, 6) is 1.36. The van der Waals surface area contributed by atoms with Gasteiger partial charge in [0, 0.05) is 13.1 Å². The summed E-state index contributed by atoms with van der Waals surface area (Å²) >= 11 is 12.0. The van der Waals surface area contributed by atoms with Crippen LogP contribution in [-0.2, 0) is 0 Å². The average Bonchev–Trinajstić information content (AvgIpc) is 2.25. The molecule has 1 heterocycles. The standard InChI is InChI=1S/C11H17Cl2N3/c1-3-5-6-15-11-9(13)7-8(12)10(16-11)14-4-2/h7H,3-6H2,1-2H3,(H2,14,15,16). The van der Waals surface area contributed by atoms with E-state index in [0.717, 1.165) is 25.9 Å². The van der Waals surface area contributed by atoms with Crippen LogP contribution in [0.25, 0.3) is 0 Å². The van der Waals surface area contributed by atoms with Crippen molar-refractivity contribution in [2.75, 3.05) is 23.7 Å². The number of rotatable bonds is 6. The molecule has 0 atom stereocenters. The topological polar surface area (TPSA) is 37.0 Å². The van der Waals surface area contributed by atoms with Crippen LogP contribution in [0.4, 0.5) is 11.6 Å². The van der Waals surface area contributed by atoms with E-state index in [9.17, 15) is 0 Å². The number of nitrogens with one attached hydrogen (secondary N) is 2. The molecule has 0 radical (unpaired) electrons. The van der Waals surface area contributed by atoms with Gasteiger partial charge in [-0.05, 0) is 19.4 Å². The van der Waals surface area contributed by atoms with Gasteiger partial charge in [0.15, 0.2) is 0 Å². The second-order valence-electron chi connectivity index (χ2n) is 3.46. The van der Waals surface area contributed by atoms with Gasteiger partial charge in [-0.1, -0.05) is 36.5 Å². The van der Waals surface area contributed by atoms with Crippen molar-refractivity contribution in [2.45, 2.75) is 26.7 Å². The van der Waals surface area contributed by atoms with Crippen LogP contribution in [0.5, 0.6) is 0 Å². The Bertz CT molecular complexity index is 342. The van der Waals surface area contributed by atoms with Gasteiger partial charge in [0.25, 0.3) is 0 Å². The van der Waals surface area contributed by atoms with Crippen molar-refractivity contribution in [1.29, 1.82) is 0 Å². The molecule has 1 rings (SSSR count). The highest BCUT2D eigenvalue weighted by molar-refractivity contribution is 6.37. The molecule has 3 nitrogen and oxygen atoms in total. The molecule has 5 heteroatoms. The lowest BCUT2D eigenvalue weighted by Crippen LogP contribution is -2.07. The highest BCUT2D eigenvalue weighted by Crippen LogP contribution is 2.28. The monoisotopic (exact) mass is 261 g/mol. The van der Waals surface area contributed by atoms with E-state index >= 15 is 0 Å². The summed E-state index contributed by atoms with van der Waals surface area (Å²) in [5, 5.41) is 7.40. The maximum atomic E-state index is 6.04. The van der Waals surface area contributed by atoms with Crippen LogP contribution in [0.3, 0.4) is 0 Å². The van der Waals surface area contributed by atoms with Crippen molar-refractivity contribution in [3.8, 4) is 0 Å². The first-order valence-corrected chi connectivity index (χ1v) is 6.28. The van der Waals surface area contributed by atoms with Crippen LogP contribution in [0.15, 0.2) is 6.07 Å². The Balaban J connectivity index is 2.78. The predicted octanol–water partition coefficient (Wildman–Crippen LogP) is 4.03. The summed E-state index contributed by atoms with van der Waals surface area (Å²) in [5.41, 5.74) is 0. The molecule has 0 spiro atoms. The minimum atomic E-state index is 0.549. The number of halogens is 2. The second kappa shape index (κ2) is 6.81. The molecule has 0 aliphatic carbocycles. The van der Waals surface area contributed by atoms with Crippen molar-refractivity contribution >= 4 is 34.8 Å². The highest BCUT2D eigenvalue weighted by atomic mass is 35.5. The van der Waals surface area contributed by atoms with Crippen molar-refractivity contribution in [1.82, 2.24) is 4.98 Å². The molecule has 0 amide bonds. The fourth-order valence-corrected chi connectivity index (χ4v) is 1.76. The highest BCUT2D eigenvalue weighted by Gasteiger charge is 2.07. The maximum absolute atomic E-state index is 6.04. The van der Waals surface area contributed by atoms with E-state index in [1.165, 1.54) is 0 Å². The molecule has 16 heavy (non-hydrogen) atoms. The molecule has 0 aromatic carbocycles. The van der Waals surface area contributed by atoms with Gasteiger partial charge in [0.2, 0.25) is 0 Å². The Kier molecular flexibility index (Phi) is 5.71. The van der Waals surface area contributed by atoms with Gasteiger partial charge < -0.3 is 10.6 Å². The zero-order valence-corrected chi connectivity index (χ0v) is 11.1. The zero-order chi connectivity index (χ0) is 12.0. The number of anilines is 2. The Morgan fingerprint density at radius 3 is 2.31 bits per heavy atom. The lowest BCUT2D eigenvalue weighted by atomic mass is 10.3. The van der Waals surface area contributed by atoms with Crippen molar-refractivity contribution in [2.24, 2.45) is 0 Å². The van der Waals surface area contributed by atoms with Gasteiger partial charge in [-0.25, -0.2) is 4.98 Å². The molecule has 0 saturated heterocycles. The Hall–Kier alpha value is -0.670. The molecule has 0 aliphatic heterocycles. The average molecular weight is 262 g/mol. The van der Waals surface area contributed by atoms with E-state index < -0.39 is 0 Å². The number of pyridine rings is 1. The van der Waals surface area contributed by atoms with E-state index in [0.29, 0.717) is 21.7 Å². The Morgan fingerprint density at radius 1 is 1.12 bits per heavy atom. The van der Waals surface area contributed by atoms with Gasteiger partial charge in [-0.3, -0.25) is 0 Å². The summed E-state index contributed by atoms with van der Waals surface area (Å²) in [6, 6.07) is 1.71. The van der Waals surface area contributed by atoms with Crippen LogP contribution in [0.1, 0.15) is 26.7 Å². The zero-order valence-electron chi connectivity index (χ0n) is 9.61. The molecule has 1 aromatic heterocycles. The molecule has 2 N–H and O–H groups in total. The predicted molar refractivity (Wildman–Crippen MR) is 71.8 cm³/mol. The summed E-state index contributed by atoms with van der Waals surface area (Å²) in [4.78, 5) is 4.35. The molecule has 0 fully saturated rings. The summed E-state index contributed by atoms with van der Waals surface area (Å²) in [6.07, 6.45) is 2.23. The molecule has 0 saturated carbocycles. The van der Waals surface area contributed by atoms with E-state index in [4.69, 9.17) is 23.2 Å². The second-order valence-corrected chi connectivity index (χ2v) is 4.27. The summed E-state index contributed by atoms with van der Waals surface area (Å²) < 4.78 is 0. The first kappa shape index (κ1) is 13.4. The van der Waals surface area contributed by atoms with Gasteiger partial charge in [0.1, 0.15) is 11.6 Å². The van der Waals surface area contributed by atoms with Crippen LogP contribution < -0.4 is 10.6 Å². The van der Waals surface area contributed by atoms with E-state index in [1.807, 2.05) is 6.92 Å². The lowest BCUT2D eigenvalue weighted by Gasteiger charge is -2.11. The third-order valence-corrected chi connectivity index (χ3v) is 2.67. The fraction of sp³-hybridized carbons (Fsp3) is 0.545. The number of hydrogen-bond donors (Lipinski definition) is 2. The van der Waals surface area contributed by atoms with Gasteiger partial charge in [-0.15, -0.1) is 0 Å². The minimum absolute atomic E-state index is 0.549. The molecule has 1 aromatic rings. The first-order chi connectivity index (χ1) is 7.69. The summed E-state index contributed by atoms with van der Waals surface area (Å²) in [6.45, 7) is 5.79. The van der Waals surface area contributed by atoms with Crippen molar-refractivity contribution in [3.05, 3.63) is 16.1 Å². The van der Waals surface area contributed by atoms with E-state index in [2.05, 4.69) is 22.5 Å². The third kappa shape index (κ3) is 3.72. The van der Waals surface area contributed by atoms with Crippen LogP contribution in [0.2, 0.25) is 10.0 Å². The van der Waals surface area contributed by atoms with Crippen molar-refractivity contribution < 1.29 is 0 Å². The number of hydrogen-bond acceptors (Lipinski definition) is 3. The lowest BCUT2D eigenvalue weighted by molar-refractivity contribution is 0.831. The largest absolute Gasteiger partial charge is 0.369 e. The Morgan fingerprint density at radius 2 is 1.75 bits per heavy atom. The number of nitrogens with zero attached hydrogens (tertiary/aromatic N) is 1. The molecule has 0 aliphatic rings. The van der Waals surface area contributed by atoms with E-state index in [1.54, 1.807) is 6.07 Å². The summed E-state index contributed by atoms with van der Waals surface area (Å²) in [7, 11) is 0.